The van der Waals surface area contributed by atoms with Gasteiger partial charge in [-0.3, -0.25) is 10.1 Å². The first kappa shape index (κ1) is 27.1. The minimum Gasteiger partial charge on any atom is -0.507 e. The first-order valence-electron chi connectivity index (χ1n) is 11.6. The fourth-order valence-corrected chi connectivity index (χ4v) is 4.40. The number of ketones is 1. The number of aromatic hydroxyl groups is 2. The van der Waals surface area contributed by atoms with E-state index in [9.17, 15) is 19.8 Å². The third kappa shape index (κ3) is 6.88. The van der Waals surface area contributed by atoms with Crippen molar-refractivity contribution in [3.63, 3.8) is 0 Å². The van der Waals surface area contributed by atoms with Crippen molar-refractivity contribution in [2.45, 2.75) is 9.79 Å². The molecule has 4 aromatic carbocycles. The molecule has 0 unspecified atom stereocenters. The largest absolute Gasteiger partial charge is 0.507 e. The molecule has 0 bridgehead atoms. The zero-order valence-corrected chi connectivity index (χ0v) is 21.9. The molecule has 0 saturated carbocycles. The fourth-order valence-electron chi connectivity index (χ4n) is 3.52. The number of para-hydroxylation sites is 1. The Bertz CT molecular complexity index is 1600. The van der Waals surface area contributed by atoms with Crippen LogP contribution in [0.2, 0.25) is 0 Å². The SMILES string of the molecule is COC(=O)Nc1nc2ccc(Sc3ccccc3)cc2[nH]1.COc1ccc(C(=O)c2ccccc2O)c(O)c1. The molecule has 0 aliphatic rings. The summed E-state index contributed by atoms with van der Waals surface area (Å²) in [6, 6.07) is 26.6. The summed E-state index contributed by atoms with van der Waals surface area (Å²) >= 11 is 1.67. The number of anilines is 1. The maximum absolute atomic E-state index is 12.1. The average molecular weight is 544 g/mol. The molecule has 5 aromatic rings. The number of nitrogens with zero attached hydrogens (tertiary/aromatic N) is 1. The number of H-pyrrole nitrogens is 1. The van der Waals surface area contributed by atoms with Crippen LogP contribution in [0.5, 0.6) is 17.2 Å². The molecular formula is C29H25N3O6S. The second-order valence-electron chi connectivity index (χ2n) is 8.03. The predicted molar refractivity (Wildman–Crippen MR) is 149 cm³/mol. The Labute approximate surface area is 228 Å². The van der Waals surface area contributed by atoms with Crippen LogP contribution in [0, 0.1) is 0 Å². The van der Waals surface area contributed by atoms with Crippen LogP contribution in [0.25, 0.3) is 11.0 Å². The van der Waals surface area contributed by atoms with E-state index >= 15 is 0 Å². The highest BCUT2D eigenvalue weighted by molar-refractivity contribution is 7.99. The smallest absolute Gasteiger partial charge is 0.413 e. The van der Waals surface area contributed by atoms with Crippen molar-refractivity contribution in [2.24, 2.45) is 0 Å². The zero-order valence-electron chi connectivity index (χ0n) is 21.0. The molecule has 0 radical (unpaired) electrons. The number of carbonyl (C=O) groups is 2. The van der Waals surface area contributed by atoms with Gasteiger partial charge in [-0.25, -0.2) is 9.78 Å². The third-order valence-corrected chi connectivity index (χ3v) is 6.43. The second kappa shape index (κ2) is 12.5. The fraction of sp³-hybridized carbons (Fsp3) is 0.0690. The van der Waals surface area contributed by atoms with Crippen molar-refractivity contribution in [1.82, 2.24) is 9.97 Å². The Kier molecular flexibility index (Phi) is 8.70. The van der Waals surface area contributed by atoms with Gasteiger partial charge in [-0.1, -0.05) is 42.1 Å². The predicted octanol–water partition coefficient (Wildman–Crippen LogP) is 6.23. The Morgan fingerprint density at radius 2 is 1.54 bits per heavy atom. The van der Waals surface area contributed by atoms with E-state index in [1.165, 1.54) is 43.4 Å². The lowest BCUT2D eigenvalue weighted by Crippen LogP contribution is -2.11. The number of fused-ring (bicyclic) bond motifs is 1. The van der Waals surface area contributed by atoms with Gasteiger partial charge in [0.15, 0.2) is 5.78 Å². The molecule has 0 spiro atoms. The molecule has 10 heteroatoms. The van der Waals surface area contributed by atoms with Crippen LogP contribution in [-0.2, 0) is 4.74 Å². The summed E-state index contributed by atoms with van der Waals surface area (Å²) in [5.74, 6) is 0.105. The maximum Gasteiger partial charge on any atom is 0.413 e. The number of methoxy groups -OCH3 is 2. The first-order chi connectivity index (χ1) is 18.9. The van der Waals surface area contributed by atoms with Crippen LogP contribution >= 0.6 is 11.8 Å². The van der Waals surface area contributed by atoms with Crippen LogP contribution < -0.4 is 10.1 Å². The van der Waals surface area contributed by atoms with E-state index < -0.39 is 11.9 Å². The van der Waals surface area contributed by atoms with E-state index in [1.807, 2.05) is 36.4 Å². The zero-order chi connectivity index (χ0) is 27.8. The summed E-state index contributed by atoms with van der Waals surface area (Å²) < 4.78 is 9.48. The minimum atomic E-state index is -0.548. The molecule has 0 aliphatic carbocycles. The number of carbonyl (C=O) groups excluding carboxylic acids is 2. The topological polar surface area (TPSA) is 134 Å². The Hall–Kier alpha value is -4.96. The van der Waals surface area contributed by atoms with Gasteiger partial charge >= 0.3 is 6.09 Å². The average Bonchev–Trinajstić information content (AvgIpc) is 3.35. The van der Waals surface area contributed by atoms with Crippen LogP contribution in [0.1, 0.15) is 15.9 Å². The van der Waals surface area contributed by atoms with Crippen molar-refractivity contribution in [3.8, 4) is 17.2 Å². The molecular weight excluding hydrogens is 518 g/mol. The van der Waals surface area contributed by atoms with Gasteiger partial charge in [-0.05, 0) is 54.6 Å². The van der Waals surface area contributed by atoms with Crippen molar-refractivity contribution < 1.29 is 29.3 Å². The van der Waals surface area contributed by atoms with Crippen molar-refractivity contribution >= 4 is 40.6 Å². The summed E-state index contributed by atoms with van der Waals surface area (Å²) in [5, 5.41) is 21.9. The van der Waals surface area contributed by atoms with Gasteiger partial charge in [-0.2, -0.15) is 0 Å². The molecule has 5 rings (SSSR count). The lowest BCUT2D eigenvalue weighted by Gasteiger charge is -2.07. The molecule has 1 heterocycles. The molecule has 1 amide bonds. The van der Waals surface area contributed by atoms with Gasteiger partial charge in [0.1, 0.15) is 17.2 Å². The number of hydrogen-bond donors (Lipinski definition) is 4. The van der Waals surface area contributed by atoms with Gasteiger partial charge in [0, 0.05) is 15.9 Å². The van der Waals surface area contributed by atoms with Crippen LogP contribution in [-0.4, -0.2) is 46.3 Å². The highest BCUT2D eigenvalue weighted by Crippen LogP contribution is 2.30. The lowest BCUT2D eigenvalue weighted by atomic mass is 10.0. The Morgan fingerprint density at radius 1 is 0.821 bits per heavy atom. The normalized spacial score (nSPS) is 10.3. The summed E-state index contributed by atoms with van der Waals surface area (Å²) in [5.41, 5.74) is 1.93. The Morgan fingerprint density at radius 3 is 2.23 bits per heavy atom. The summed E-state index contributed by atoms with van der Waals surface area (Å²) in [6.07, 6.45) is -0.548. The molecule has 1 aromatic heterocycles. The van der Waals surface area contributed by atoms with E-state index in [2.05, 4.69) is 32.2 Å². The first-order valence-corrected chi connectivity index (χ1v) is 12.5. The van der Waals surface area contributed by atoms with Crippen LogP contribution in [0.15, 0.2) is 101 Å². The summed E-state index contributed by atoms with van der Waals surface area (Å²) in [6.45, 7) is 0. The number of aromatic nitrogens is 2. The van der Waals surface area contributed by atoms with Gasteiger partial charge in [0.05, 0.1) is 36.4 Å². The van der Waals surface area contributed by atoms with Gasteiger partial charge < -0.3 is 24.7 Å². The highest BCUT2D eigenvalue weighted by atomic mass is 32.2. The third-order valence-electron chi connectivity index (χ3n) is 5.44. The number of phenolic OH excluding ortho intramolecular Hbond substituents is 2. The van der Waals surface area contributed by atoms with E-state index in [4.69, 9.17) is 4.74 Å². The number of rotatable bonds is 6. The van der Waals surface area contributed by atoms with Crippen molar-refractivity contribution in [1.29, 1.82) is 0 Å². The van der Waals surface area contributed by atoms with E-state index in [0.717, 1.165) is 15.9 Å². The monoisotopic (exact) mass is 543 g/mol. The number of aromatic amines is 1. The highest BCUT2D eigenvalue weighted by Gasteiger charge is 2.17. The number of imidazole rings is 1. The summed E-state index contributed by atoms with van der Waals surface area (Å²) in [7, 11) is 2.78. The summed E-state index contributed by atoms with van der Waals surface area (Å²) in [4.78, 5) is 32.9. The second-order valence-corrected chi connectivity index (χ2v) is 9.17. The minimum absolute atomic E-state index is 0.113. The van der Waals surface area contributed by atoms with Crippen molar-refractivity contribution in [3.05, 3.63) is 102 Å². The molecule has 0 saturated heterocycles. The number of nitrogens with one attached hydrogen (secondary N) is 2. The number of amides is 1. The van der Waals surface area contributed by atoms with Crippen LogP contribution in [0.3, 0.4) is 0 Å². The van der Waals surface area contributed by atoms with E-state index in [1.54, 1.807) is 30.0 Å². The van der Waals surface area contributed by atoms with Gasteiger partial charge in [0.2, 0.25) is 5.95 Å². The molecule has 0 aliphatic heterocycles. The standard InChI is InChI=1S/C15H13N3O2S.C14H12O4/c1-20-15(19)18-14-16-12-8-7-11(9-13(12)17-14)21-10-5-3-2-4-6-10;1-18-9-6-7-11(13(16)8-9)14(17)10-4-2-3-5-12(10)15/h2-9H,1H3,(H2,16,17,18,19);2-8,15-16H,1H3. The van der Waals surface area contributed by atoms with E-state index in [0.29, 0.717) is 11.7 Å². The number of phenols is 2. The maximum atomic E-state index is 12.1. The van der Waals surface area contributed by atoms with Gasteiger partial charge in [-0.15, -0.1) is 0 Å². The lowest BCUT2D eigenvalue weighted by molar-refractivity contribution is 0.103. The number of ether oxygens (including phenoxy) is 2. The number of hydrogen-bond acceptors (Lipinski definition) is 8. The molecule has 0 atom stereocenters. The molecule has 9 nitrogen and oxygen atoms in total. The molecule has 4 N–H and O–H groups in total. The van der Waals surface area contributed by atoms with Crippen molar-refractivity contribution in [2.75, 3.05) is 19.5 Å². The van der Waals surface area contributed by atoms with Gasteiger partial charge in [0.25, 0.3) is 0 Å². The molecule has 0 fully saturated rings. The van der Waals surface area contributed by atoms with E-state index in [-0.39, 0.29) is 22.6 Å². The Balaban J connectivity index is 0.000000183. The molecule has 198 valence electrons. The molecule has 39 heavy (non-hydrogen) atoms. The number of benzene rings is 4. The van der Waals surface area contributed by atoms with Crippen LogP contribution in [0.4, 0.5) is 10.7 Å². The quantitative estimate of drug-likeness (QED) is 0.185.